The molecule has 17 heavy (non-hydrogen) atoms. The number of nitrogens with zero attached hydrogens (tertiary/aromatic N) is 1. The maximum Gasteiger partial charge on any atom is 0.241 e. The number of carbonyl (C=O) groups excluding carboxylic acids is 2. The monoisotopic (exact) mass is 263 g/mol. The number of hydrogen-bond donors (Lipinski definition) is 2. The first-order valence-electron chi connectivity index (χ1n) is 5.90. The van der Waals surface area contributed by atoms with E-state index in [0.717, 1.165) is 25.9 Å². The largest absolute Gasteiger partial charge is 0.347 e. The summed E-state index contributed by atoms with van der Waals surface area (Å²) in [6, 6.07) is 0. The lowest BCUT2D eigenvalue weighted by Gasteiger charge is -2.26. The van der Waals surface area contributed by atoms with Gasteiger partial charge in [0.15, 0.2) is 0 Å². The summed E-state index contributed by atoms with van der Waals surface area (Å²) >= 11 is 0. The van der Waals surface area contributed by atoms with Gasteiger partial charge in [-0.2, -0.15) is 0 Å². The van der Waals surface area contributed by atoms with Gasteiger partial charge in [-0.1, -0.05) is 6.92 Å². The second kappa shape index (κ2) is 8.31. The molecule has 1 aliphatic heterocycles. The van der Waals surface area contributed by atoms with Crippen molar-refractivity contribution in [3.63, 3.8) is 0 Å². The number of likely N-dealkylation sites (tertiary alicyclic amines) is 1. The highest BCUT2D eigenvalue weighted by Gasteiger charge is 2.18. The van der Waals surface area contributed by atoms with Gasteiger partial charge in [0.05, 0.1) is 6.54 Å². The van der Waals surface area contributed by atoms with E-state index in [9.17, 15) is 9.59 Å². The first kappa shape index (κ1) is 16.2. The third-order valence-electron chi connectivity index (χ3n) is 2.92. The van der Waals surface area contributed by atoms with Crippen molar-refractivity contribution in [2.24, 2.45) is 11.7 Å². The Morgan fingerprint density at radius 2 is 1.88 bits per heavy atom. The van der Waals surface area contributed by atoms with Crippen LogP contribution >= 0.6 is 12.4 Å². The average Bonchev–Trinajstić information content (AvgIpc) is 2.35. The predicted octanol–water partition coefficient (Wildman–Crippen LogP) is 0.132. The molecule has 1 unspecified atom stereocenters. The molecule has 5 nitrogen and oxygen atoms in total. The standard InChI is InChI=1S/C11H21N3O2.ClH/c1-9(7-12)11(16)13-8-10(15)14-5-3-2-4-6-14;/h9H,2-8,12H2,1H3,(H,13,16);1H. The normalized spacial score (nSPS) is 16.9. The Morgan fingerprint density at radius 3 is 2.41 bits per heavy atom. The molecule has 0 radical (unpaired) electrons. The molecule has 1 aliphatic rings. The first-order valence-corrected chi connectivity index (χ1v) is 5.90. The smallest absolute Gasteiger partial charge is 0.241 e. The van der Waals surface area contributed by atoms with E-state index in [2.05, 4.69) is 5.32 Å². The van der Waals surface area contributed by atoms with Crippen LogP contribution < -0.4 is 11.1 Å². The summed E-state index contributed by atoms with van der Waals surface area (Å²) in [5.41, 5.74) is 5.37. The van der Waals surface area contributed by atoms with Crippen LogP contribution in [0.4, 0.5) is 0 Å². The molecule has 1 rings (SSSR count). The van der Waals surface area contributed by atoms with Crippen LogP contribution in [0.15, 0.2) is 0 Å². The van der Waals surface area contributed by atoms with Crippen molar-refractivity contribution >= 4 is 24.2 Å². The number of nitrogens with one attached hydrogen (secondary N) is 1. The van der Waals surface area contributed by atoms with E-state index in [1.807, 2.05) is 4.90 Å². The minimum absolute atomic E-state index is 0. The highest BCUT2D eigenvalue weighted by atomic mass is 35.5. The van der Waals surface area contributed by atoms with E-state index in [-0.39, 0.29) is 36.7 Å². The molecule has 1 saturated heterocycles. The summed E-state index contributed by atoms with van der Waals surface area (Å²) in [7, 11) is 0. The van der Waals surface area contributed by atoms with Crippen LogP contribution in [0.25, 0.3) is 0 Å². The van der Waals surface area contributed by atoms with Crippen LogP contribution in [0.2, 0.25) is 0 Å². The van der Waals surface area contributed by atoms with Gasteiger partial charge in [-0.3, -0.25) is 9.59 Å². The summed E-state index contributed by atoms with van der Waals surface area (Å²) in [4.78, 5) is 24.9. The predicted molar refractivity (Wildman–Crippen MR) is 68.9 cm³/mol. The molecule has 2 amide bonds. The van der Waals surface area contributed by atoms with Gasteiger partial charge < -0.3 is 16.0 Å². The van der Waals surface area contributed by atoms with Crippen LogP contribution in [-0.2, 0) is 9.59 Å². The molecular formula is C11H22ClN3O2. The third kappa shape index (κ3) is 5.37. The van der Waals surface area contributed by atoms with Gasteiger partial charge in [-0.25, -0.2) is 0 Å². The van der Waals surface area contributed by atoms with Gasteiger partial charge in [-0.05, 0) is 19.3 Å². The quantitative estimate of drug-likeness (QED) is 0.757. The minimum Gasteiger partial charge on any atom is -0.347 e. The molecule has 100 valence electrons. The van der Waals surface area contributed by atoms with E-state index in [4.69, 9.17) is 5.73 Å². The van der Waals surface area contributed by atoms with E-state index >= 15 is 0 Å². The summed E-state index contributed by atoms with van der Waals surface area (Å²) in [6.45, 7) is 3.80. The van der Waals surface area contributed by atoms with E-state index in [1.165, 1.54) is 6.42 Å². The molecule has 0 bridgehead atoms. The topological polar surface area (TPSA) is 75.4 Å². The van der Waals surface area contributed by atoms with Gasteiger partial charge in [0.2, 0.25) is 11.8 Å². The van der Waals surface area contributed by atoms with Crippen LogP contribution in [0.5, 0.6) is 0 Å². The Morgan fingerprint density at radius 1 is 1.29 bits per heavy atom. The Hall–Kier alpha value is -0.810. The van der Waals surface area contributed by atoms with Crippen LogP contribution in [0, 0.1) is 5.92 Å². The SMILES string of the molecule is CC(CN)C(=O)NCC(=O)N1CCCCC1.Cl. The van der Waals surface area contributed by atoms with Gasteiger partial charge in [-0.15, -0.1) is 12.4 Å². The highest BCUT2D eigenvalue weighted by Crippen LogP contribution is 2.08. The average molecular weight is 264 g/mol. The molecule has 0 aromatic carbocycles. The number of halogens is 1. The van der Waals surface area contributed by atoms with Crippen molar-refractivity contribution in [3.05, 3.63) is 0 Å². The molecule has 0 spiro atoms. The van der Waals surface area contributed by atoms with Gasteiger partial charge in [0, 0.05) is 25.6 Å². The fraction of sp³-hybridized carbons (Fsp3) is 0.818. The maximum atomic E-state index is 11.7. The molecule has 0 aromatic heterocycles. The Labute approximate surface area is 109 Å². The van der Waals surface area contributed by atoms with Crippen molar-refractivity contribution in [2.45, 2.75) is 26.2 Å². The summed E-state index contributed by atoms with van der Waals surface area (Å²) in [6.07, 6.45) is 3.33. The summed E-state index contributed by atoms with van der Waals surface area (Å²) in [5.74, 6) is -0.362. The lowest BCUT2D eigenvalue weighted by Crippen LogP contribution is -2.44. The van der Waals surface area contributed by atoms with Crippen LogP contribution in [0.1, 0.15) is 26.2 Å². The van der Waals surface area contributed by atoms with Crippen molar-refractivity contribution in [3.8, 4) is 0 Å². The minimum atomic E-state index is -0.228. The molecular weight excluding hydrogens is 242 g/mol. The van der Waals surface area contributed by atoms with E-state index < -0.39 is 0 Å². The van der Waals surface area contributed by atoms with Crippen molar-refractivity contribution in [1.82, 2.24) is 10.2 Å². The number of carbonyl (C=O) groups is 2. The zero-order valence-corrected chi connectivity index (χ0v) is 11.1. The molecule has 1 atom stereocenters. The third-order valence-corrected chi connectivity index (χ3v) is 2.92. The van der Waals surface area contributed by atoms with Crippen LogP contribution in [-0.4, -0.2) is 42.9 Å². The zero-order chi connectivity index (χ0) is 12.0. The molecule has 6 heteroatoms. The second-order valence-electron chi connectivity index (χ2n) is 4.30. The number of nitrogens with two attached hydrogens (primary N) is 1. The molecule has 1 fully saturated rings. The Kier molecular flexibility index (Phi) is 7.91. The van der Waals surface area contributed by atoms with Crippen molar-refractivity contribution in [2.75, 3.05) is 26.2 Å². The number of piperidine rings is 1. The molecule has 1 heterocycles. The van der Waals surface area contributed by atoms with Gasteiger partial charge >= 0.3 is 0 Å². The second-order valence-corrected chi connectivity index (χ2v) is 4.30. The van der Waals surface area contributed by atoms with Crippen molar-refractivity contribution in [1.29, 1.82) is 0 Å². The fourth-order valence-electron chi connectivity index (χ4n) is 1.70. The van der Waals surface area contributed by atoms with E-state index in [0.29, 0.717) is 6.54 Å². The molecule has 0 saturated carbocycles. The molecule has 3 N–H and O–H groups in total. The fourth-order valence-corrected chi connectivity index (χ4v) is 1.70. The first-order chi connectivity index (χ1) is 7.65. The van der Waals surface area contributed by atoms with Crippen LogP contribution in [0.3, 0.4) is 0 Å². The summed E-state index contributed by atoms with van der Waals surface area (Å²) in [5, 5.41) is 2.62. The number of amides is 2. The van der Waals surface area contributed by atoms with Gasteiger partial charge in [0.1, 0.15) is 0 Å². The zero-order valence-electron chi connectivity index (χ0n) is 10.3. The maximum absolute atomic E-state index is 11.7. The number of rotatable bonds is 4. The lowest BCUT2D eigenvalue weighted by atomic mass is 10.1. The van der Waals surface area contributed by atoms with Gasteiger partial charge in [0.25, 0.3) is 0 Å². The Balaban J connectivity index is 0.00000256. The lowest BCUT2D eigenvalue weighted by molar-refractivity contribution is -0.134. The molecule has 0 aromatic rings. The van der Waals surface area contributed by atoms with E-state index in [1.54, 1.807) is 6.92 Å². The van der Waals surface area contributed by atoms with Crippen molar-refractivity contribution < 1.29 is 9.59 Å². The highest BCUT2D eigenvalue weighted by molar-refractivity contribution is 5.86. The molecule has 0 aliphatic carbocycles. The summed E-state index contributed by atoms with van der Waals surface area (Å²) < 4.78 is 0. The Bertz CT molecular complexity index is 255. The number of hydrogen-bond acceptors (Lipinski definition) is 3.